The second-order valence-electron chi connectivity index (χ2n) is 9.13. The van der Waals surface area contributed by atoms with E-state index in [0.29, 0.717) is 18.4 Å². The van der Waals surface area contributed by atoms with E-state index in [1.54, 1.807) is 33.8 Å². The topological polar surface area (TPSA) is 140 Å². The average Bonchev–Trinajstić information content (AvgIpc) is 2.82. The first-order chi connectivity index (χ1) is 17.5. The van der Waals surface area contributed by atoms with Crippen molar-refractivity contribution >= 4 is 24.1 Å². The summed E-state index contributed by atoms with van der Waals surface area (Å²) < 4.78 is 26.2. The maximum Gasteiger partial charge on any atom is 0.508 e. The highest BCUT2D eigenvalue weighted by molar-refractivity contribution is 5.77. The summed E-state index contributed by atoms with van der Waals surface area (Å²) in [5, 5.41) is 0. The van der Waals surface area contributed by atoms with Gasteiger partial charge in [0.15, 0.2) is 11.5 Å². The summed E-state index contributed by atoms with van der Waals surface area (Å²) in [6.07, 6.45) is 0.831. The molecule has 0 fully saturated rings. The maximum atomic E-state index is 12.5. The fourth-order valence-corrected chi connectivity index (χ4v) is 3.00. The predicted molar refractivity (Wildman–Crippen MR) is 136 cm³/mol. The third kappa shape index (κ3) is 12.6. The van der Waals surface area contributed by atoms with Gasteiger partial charge in [-0.3, -0.25) is 14.4 Å². The Labute approximate surface area is 219 Å². The molecule has 0 aliphatic carbocycles. The molecule has 1 aromatic carbocycles. The third-order valence-corrected chi connectivity index (χ3v) is 5.26. The molecule has 0 bridgehead atoms. The number of esters is 3. The highest BCUT2D eigenvalue weighted by Crippen LogP contribution is 2.30. The summed E-state index contributed by atoms with van der Waals surface area (Å²) in [4.78, 5) is 48.6. The van der Waals surface area contributed by atoms with Crippen LogP contribution in [0.2, 0.25) is 0 Å². The van der Waals surface area contributed by atoms with Gasteiger partial charge in [0.2, 0.25) is 0 Å². The second-order valence-corrected chi connectivity index (χ2v) is 9.13. The van der Waals surface area contributed by atoms with Crippen LogP contribution in [0.4, 0.5) is 4.79 Å². The van der Waals surface area contributed by atoms with Gasteiger partial charge in [-0.25, -0.2) is 4.79 Å². The summed E-state index contributed by atoms with van der Waals surface area (Å²) in [6, 6.07) is 3.63. The van der Waals surface area contributed by atoms with Gasteiger partial charge < -0.3 is 29.4 Å². The first kappa shape index (κ1) is 31.9. The summed E-state index contributed by atoms with van der Waals surface area (Å²) >= 11 is 0. The van der Waals surface area contributed by atoms with Gasteiger partial charge in [-0.1, -0.05) is 32.8 Å². The molecule has 1 aromatic rings. The lowest BCUT2D eigenvalue weighted by Gasteiger charge is -2.22. The van der Waals surface area contributed by atoms with Crippen molar-refractivity contribution in [3.8, 4) is 11.5 Å². The number of rotatable bonds is 15. The molecule has 0 spiro atoms. The molecular formula is C27H41NO9. The first-order valence-electron chi connectivity index (χ1n) is 12.8. The Bertz CT molecular complexity index is 900. The van der Waals surface area contributed by atoms with Gasteiger partial charge in [0.25, 0.3) is 0 Å². The number of nitrogens with two attached hydrogens (primary N) is 1. The highest BCUT2D eigenvalue weighted by atomic mass is 16.7. The molecule has 3 atom stereocenters. The standard InChI is InChI=1S/C27H41NO9/c1-7-9-11-24(29)36-22-14-13-20(16-23(22)37-25(30)12-10-8-2)15-21(28)26(31)34-18(5)19(6)35-27(32)33-17(3)4/h13-14,16-19,21H,7-12,15,28H2,1-6H3/t18-,19?,21-/m0/s1. The molecule has 0 saturated heterocycles. The zero-order valence-corrected chi connectivity index (χ0v) is 22.7. The van der Waals surface area contributed by atoms with E-state index < -0.39 is 42.3 Å². The molecular weight excluding hydrogens is 482 g/mol. The number of hydrogen-bond acceptors (Lipinski definition) is 10. The molecule has 10 nitrogen and oxygen atoms in total. The number of ether oxygens (including phenoxy) is 5. The minimum atomic E-state index is -1.04. The van der Waals surface area contributed by atoms with Gasteiger partial charge in [0, 0.05) is 12.8 Å². The number of carbonyl (C=O) groups excluding carboxylic acids is 4. The number of unbranched alkanes of at least 4 members (excludes halogenated alkanes) is 2. The molecule has 208 valence electrons. The van der Waals surface area contributed by atoms with E-state index in [1.165, 1.54) is 12.1 Å². The maximum absolute atomic E-state index is 12.5. The van der Waals surface area contributed by atoms with Gasteiger partial charge in [-0.2, -0.15) is 0 Å². The largest absolute Gasteiger partial charge is 0.508 e. The van der Waals surface area contributed by atoms with Gasteiger partial charge in [0.05, 0.1) is 6.10 Å². The Morgan fingerprint density at radius 2 is 1.32 bits per heavy atom. The minimum absolute atomic E-state index is 0.0692. The molecule has 0 heterocycles. The lowest BCUT2D eigenvalue weighted by molar-refractivity contribution is -0.155. The van der Waals surface area contributed by atoms with Crippen LogP contribution in [-0.2, 0) is 35.0 Å². The smallest absolute Gasteiger partial charge is 0.458 e. The fourth-order valence-electron chi connectivity index (χ4n) is 3.00. The lowest BCUT2D eigenvalue weighted by Crippen LogP contribution is -2.39. The first-order valence-corrected chi connectivity index (χ1v) is 12.8. The summed E-state index contributed by atoms with van der Waals surface area (Å²) in [5.74, 6) is -1.37. The number of hydrogen-bond donors (Lipinski definition) is 1. The van der Waals surface area contributed by atoms with Crippen LogP contribution in [0.5, 0.6) is 11.5 Å². The Morgan fingerprint density at radius 3 is 1.86 bits per heavy atom. The van der Waals surface area contributed by atoms with E-state index >= 15 is 0 Å². The summed E-state index contributed by atoms with van der Waals surface area (Å²) in [5.41, 5.74) is 6.63. The van der Waals surface area contributed by atoms with Crippen molar-refractivity contribution < 1.29 is 42.9 Å². The molecule has 0 saturated carbocycles. The molecule has 0 aromatic heterocycles. The summed E-state index contributed by atoms with van der Waals surface area (Å²) in [6.45, 7) is 10.5. The molecule has 0 aliphatic heterocycles. The van der Waals surface area contributed by atoms with E-state index in [2.05, 4.69) is 0 Å². The number of carbonyl (C=O) groups is 4. The molecule has 37 heavy (non-hydrogen) atoms. The van der Waals surface area contributed by atoms with E-state index in [1.807, 2.05) is 13.8 Å². The summed E-state index contributed by atoms with van der Waals surface area (Å²) in [7, 11) is 0. The third-order valence-electron chi connectivity index (χ3n) is 5.26. The van der Waals surface area contributed by atoms with E-state index in [-0.39, 0.29) is 36.9 Å². The fraction of sp³-hybridized carbons (Fsp3) is 0.630. The van der Waals surface area contributed by atoms with Crippen molar-refractivity contribution in [1.82, 2.24) is 0 Å². The molecule has 1 unspecified atom stereocenters. The predicted octanol–water partition coefficient (Wildman–Crippen LogP) is 4.63. The van der Waals surface area contributed by atoms with Crippen LogP contribution in [0.25, 0.3) is 0 Å². The van der Waals surface area contributed by atoms with Crippen LogP contribution >= 0.6 is 0 Å². The van der Waals surface area contributed by atoms with Crippen molar-refractivity contribution in [2.75, 3.05) is 0 Å². The van der Waals surface area contributed by atoms with E-state index in [9.17, 15) is 19.2 Å². The van der Waals surface area contributed by atoms with Crippen LogP contribution in [-0.4, -0.2) is 48.4 Å². The highest BCUT2D eigenvalue weighted by Gasteiger charge is 2.25. The average molecular weight is 524 g/mol. The molecule has 10 heteroatoms. The van der Waals surface area contributed by atoms with Gasteiger partial charge in [0.1, 0.15) is 18.2 Å². The molecule has 0 amide bonds. The van der Waals surface area contributed by atoms with Crippen LogP contribution in [0.1, 0.15) is 85.6 Å². The van der Waals surface area contributed by atoms with Crippen LogP contribution in [0, 0.1) is 0 Å². The lowest BCUT2D eigenvalue weighted by atomic mass is 10.1. The normalized spacial score (nSPS) is 13.3. The van der Waals surface area contributed by atoms with Crippen molar-refractivity contribution in [1.29, 1.82) is 0 Å². The monoisotopic (exact) mass is 523 g/mol. The second kappa shape index (κ2) is 16.6. The van der Waals surface area contributed by atoms with Crippen molar-refractivity contribution in [3.63, 3.8) is 0 Å². The van der Waals surface area contributed by atoms with Crippen LogP contribution < -0.4 is 15.2 Å². The number of benzene rings is 1. The Balaban J connectivity index is 2.87. The molecule has 2 N–H and O–H groups in total. The SMILES string of the molecule is CCCCC(=O)Oc1ccc(C[C@H](N)C(=O)O[C@@H](C)C(C)OC(=O)OC(C)C)cc1OC(=O)CCCC. The van der Waals surface area contributed by atoms with Crippen LogP contribution in [0.3, 0.4) is 0 Å². The quantitative estimate of drug-likeness (QED) is 0.255. The van der Waals surface area contributed by atoms with Gasteiger partial charge in [-0.05, 0) is 64.7 Å². The zero-order valence-electron chi connectivity index (χ0n) is 22.7. The molecule has 1 rings (SSSR count). The van der Waals surface area contributed by atoms with E-state index in [0.717, 1.165) is 12.8 Å². The van der Waals surface area contributed by atoms with Gasteiger partial charge in [-0.15, -0.1) is 0 Å². The van der Waals surface area contributed by atoms with Gasteiger partial charge >= 0.3 is 24.1 Å². The Hall–Kier alpha value is -3.14. The van der Waals surface area contributed by atoms with Crippen molar-refractivity contribution in [2.45, 2.75) is 111 Å². The zero-order chi connectivity index (χ0) is 28.0. The van der Waals surface area contributed by atoms with Crippen LogP contribution in [0.15, 0.2) is 18.2 Å². The van der Waals surface area contributed by atoms with Crippen molar-refractivity contribution in [3.05, 3.63) is 23.8 Å². The Morgan fingerprint density at radius 1 is 0.784 bits per heavy atom. The van der Waals surface area contributed by atoms with Crippen molar-refractivity contribution in [2.24, 2.45) is 5.73 Å². The molecule has 0 aliphatic rings. The minimum Gasteiger partial charge on any atom is -0.458 e. The molecule has 0 radical (unpaired) electrons. The van der Waals surface area contributed by atoms with E-state index in [4.69, 9.17) is 29.4 Å². The Kier molecular flexibility index (Phi) is 14.3.